The van der Waals surface area contributed by atoms with Gasteiger partial charge in [-0.3, -0.25) is 0 Å². The van der Waals surface area contributed by atoms with Gasteiger partial charge in [-0.05, 0) is 69.9 Å². The van der Waals surface area contributed by atoms with Crippen LogP contribution in [0.25, 0.3) is 0 Å². The van der Waals surface area contributed by atoms with E-state index >= 15 is 0 Å². The van der Waals surface area contributed by atoms with Crippen LogP contribution in [0.1, 0.15) is 142 Å². The predicted molar refractivity (Wildman–Crippen MR) is 157 cm³/mol. The molecule has 2 rings (SSSR count). The molecule has 0 bridgehead atoms. The van der Waals surface area contributed by atoms with Gasteiger partial charge in [-0.15, -0.1) is 0 Å². The zero-order chi connectivity index (χ0) is 25.8. The third kappa shape index (κ3) is 16.0. The monoisotopic (exact) mass is 508 g/mol. The number of ether oxygens (including phenoxy) is 2. The van der Waals surface area contributed by atoms with Crippen LogP contribution in [0.5, 0.6) is 0 Å². The van der Waals surface area contributed by atoms with Crippen LogP contribution in [0.15, 0.2) is 0 Å². The van der Waals surface area contributed by atoms with E-state index in [1.54, 1.807) is 19.3 Å². The first-order valence-electron chi connectivity index (χ1n) is 16.5. The first-order valence-corrected chi connectivity index (χ1v) is 16.5. The van der Waals surface area contributed by atoms with E-state index in [-0.39, 0.29) is 0 Å². The average Bonchev–Trinajstić information content (AvgIpc) is 3.79. The Morgan fingerprint density at radius 2 is 0.972 bits per heavy atom. The summed E-state index contributed by atoms with van der Waals surface area (Å²) in [6.07, 6.45) is 28.3. The number of nitrogens with zero attached hydrogens (tertiary/aromatic N) is 1. The van der Waals surface area contributed by atoms with Crippen LogP contribution in [-0.2, 0) is 9.47 Å². The second-order valence-electron chi connectivity index (χ2n) is 12.7. The largest absolute Gasteiger partial charge is 0.380 e. The normalized spacial score (nSPS) is 23.9. The summed E-state index contributed by atoms with van der Waals surface area (Å²) in [7, 11) is 4.28. The molecule has 0 radical (unpaired) electrons. The number of unbranched alkanes of at least 4 members (excludes halogenated alkanes) is 12. The van der Waals surface area contributed by atoms with Crippen molar-refractivity contribution in [2.75, 3.05) is 40.5 Å². The average molecular weight is 508 g/mol. The highest BCUT2D eigenvalue weighted by molar-refractivity contribution is 4.94. The Morgan fingerprint density at radius 1 is 0.556 bits per heavy atom. The third-order valence-electron chi connectivity index (χ3n) is 9.03. The Balaban J connectivity index is 1.31. The minimum absolute atomic E-state index is 0.378. The molecule has 0 spiro atoms. The molecule has 0 aromatic heterocycles. The van der Waals surface area contributed by atoms with E-state index < -0.39 is 0 Å². The van der Waals surface area contributed by atoms with Crippen molar-refractivity contribution in [1.29, 1.82) is 0 Å². The van der Waals surface area contributed by atoms with Crippen molar-refractivity contribution in [2.24, 2.45) is 23.7 Å². The van der Waals surface area contributed by atoms with E-state index in [9.17, 15) is 0 Å². The van der Waals surface area contributed by atoms with Crippen LogP contribution >= 0.6 is 0 Å². The molecule has 5 atom stereocenters. The third-order valence-corrected chi connectivity index (χ3v) is 9.03. The molecule has 0 amide bonds. The summed E-state index contributed by atoms with van der Waals surface area (Å²) in [5, 5.41) is 0. The van der Waals surface area contributed by atoms with Gasteiger partial charge in [0, 0.05) is 13.2 Å². The van der Waals surface area contributed by atoms with Crippen LogP contribution in [0.3, 0.4) is 0 Å². The first kappa shape index (κ1) is 32.1. The molecule has 0 aliphatic heterocycles. The molecule has 2 aliphatic carbocycles. The minimum atomic E-state index is 0.378. The van der Waals surface area contributed by atoms with E-state index in [1.165, 1.54) is 109 Å². The topological polar surface area (TPSA) is 21.7 Å². The van der Waals surface area contributed by atoms with Gasteiger partial charge < -0.3 is 14.4 Å². The second-order valence-corrected chi connectivity index (χ2v) is 12.7. The first-order chi connectivity index (χ1) is 17.7. The fraction of sp³-hybridized carbons (Fsp3) is 1.00. The maximum atomic E-state index is 6.01. The lowest BCUT2D eigenvalue weighted by Crippen LogP contribution is -2.37. The number of hydrogen-bond acceptors (Lipinski definition) is 3. The van der Waals surface area contributed by atoms with Crippen molar-refractivity contribution in [3.63, 3.8) is 0 Å². The Kier molecular flexibility index (Phi) is 18.5. The highest BCUT2D eigenvalue weighted by Crippen LogP contribution is 2.54. The van der Waals surface area contributed by atoms with Crippen LogP contribution < -0.4 is 0 Å². The smallest absolute Gasteiger partial charge is 0.0644 e. The fourth-order valence-corrected chi connectivity index (χ4v) is 6.04. The van der Waals surface area contributed by atoms with Gasteiger partial charge in [-0.1, -0.05) is 110 Å². The van der Waals surface area contributed by atoms with Crippen molar-refractivity contribution in [2.45, 2.75) is 148 Å². The molecule has 0 N–H and O–H groups in total. The highest BCUT2D eigenvalue weighted by Gasteiger charge is 2.44. The Morgan fingerprint density at radius 3 is 1.47 bits per heavy atom. The van der Waals surface area contributed by atoms with Crippen LogP contribution in [0.4, 0.5) is 0 Å². The van der Waals surface area contributed by atoms with Gasteiger partial charge in [0.05, 0.1) is 19.3 Å². The van der Waals surface area contributed by atoms with E-state index in [2.05, 4.69) is 32.8 Å². The van der Waals surface area contributed by atoms with Gasteiger partial charge in [0.15, 0.2) is 0 Å². The Labute approximate surface area is 226 Å². The van der Waals surface area contributed by atoms with E-state index in [1.807, 2.05) is 0 Å². The van der Waals surface area contributed by atoms with Gasteiger partial charge in [-0.25, -0.2) is 0 Å². The highest BCUT2D eigenvalue weighted by atomic mass is 16.5. The van der Waals surface area contributed by atoms with Crippen LogP contribution in [0, 0.1) is 23.7 Å². The summed E-state index contributed by atoms with van der Waals surface area (Å²) in [6, 6.07) is 0.378. The zero-order valence-electron chi connectivity index (χ0n) is 25.1. The van der Waals surface area contributed by atoms with Crippen molar-refractivity contribution in [3.8, 4) is 0 Å². The summed E-state index contributed by atoms with van der Waals surface area (Å²) in [4.78, 5) is 2.25. The lowest BCUT2D eigenvalue weighted by Gasteiger charge is -2.24. The maximum absolute atomic E-state index is 6.01. The lowest BCUT2D eigenvalue weighted by molar-refractivity contribution is 0.0197. The second kappa shape index (κ2) is 20.8. The van der Waals surface area contributed by atoms with Crippen molar-refractivity contribution >= 4 is 0 Å². The van der Waals surface area contributed by atoms with E-state index in [4.69, 9.17) is 9.47 Å². The summed E-state index contributed by atoms with van der Waals surface area (Å²) in [5.74, 6) is 4.48. The molecule has 36 heavy (non-hydrogen) atoms. The molecule has 2 saturated carbocycles. The van der Waals surface area contributed by atoms with Crippen molar-refractivity contribution < 1.29 is 9.47 Å². The van der Waals surface area contributed by atoms with Crippen LogP contribution in [0.2, 0.25) is 0 Å². The molecule has 2 aliphatic rings. The molecular formula is C33H65NO2. The molecule has 3 heteroatoms. The Bertz CT molecular complexity index is 496. The summed E-state index contributed by atoms with van der Waals surface area (Å²) in [6.45, 7) is 8.00. The van der Waals surface area contributed by atoms with Gasteiger partial charge in [0.2, 0.25) is 0 Å². The molecule has 0 heterocycles. The quantitative estimate of drug-likeness (QED) is 0.103. The van der Waals surface area contributed by atoms with E-state index in [0.29, 0.717) is 6.04 Å². The van der Waals surface area contributed by atoms with Crippen molar-refractivity contribution in [1.82, 2.24) is 4.90 Å². The fourth-order valence-electron chi connectivity index (χ4n) is 6.04. The molecule has 0 aromatic carbocycles. The SMILES string of the molecule is CCCCCCCCOC[C@H](COCCCCCCCC[C@H]1C[C@H]1C[C@H]1C[C@H]1CCCCC)N(C)C. The van der Waals surface area contributed by atoms with E-state index in [0.717, 1.165) is 50.1 Å². The maximum Gasteiger partial charge on any atom is 0.0644 e. The minimum Gasteiger partial charge on any atom is -0.380 e. The summed E-state index contributed by atoms with van der Waals surface area (Å²) < 4.78 is 12.0. The number of likely N-dealkylation sites (N-methyl/N-ethyl adjacent to an activating group) is 1. The zero-order valence-corrected chi connectivity index (χ0v) is 25.1. The lowest BCUT2D eigenvalue weighted by atomic mass is 10.0. The predicted octanol–water partition coefficient (Wildman–Crippen LogP) is 9.28. The summed E-state index contributed by atoms with van der Waals surface area (Å²) >= 11 is 0. The summed E-state index contributed by atoms with van der Waals surface area (Å²) in [5.41, 5.74) is 0. The molecule has 3 nitrogen and oxygen atoms in total. The van der Waals surface area contributed by atoms with Gasteiger partial charge in [0.1, 0.15) is 0 Å². The van der Waals surface area contributed by atoms with Gasteiger partial charge >= 0.3 is 0 Å². The van der Waals surface area contributed by atoms with Gasteiger partial charge in [-0.2, -0.15) is 0 Å². The molecular weight excluding hydrogens is 442 g/mol. The molecule has 0 saturated heterocycles. The van der Waals surface area contributed by atoms with Gasteiger partial charge in [0.25, 0.3) is 0 Å². The molecule has 0 aromatic rings. The molecule has 214 valence electrons. The van der Waals surface area contributed by atoms with Crippen molar-refractivity contribution in [3.05, 3.63) is 0 Å². The molecule has 0 unspecified atom stereocenters. The molecule has 2 fully saturated rings. The number of hydrogen-bond donors (Lipinski definition) is 0. The number of rotatable bonds is 27. The Hall–Kier alpha value is -0.120. The standard InChI is InChI=1S/C33H65NO2/c1-5-7-9-10-14-18-22-35-27-33(34(3)4)28-36-23-19-15-12-11-13-17-21-30-25-32(30)26-31-24-29(31)20-16-8-6-2/h29-33H,5-28H2,1-4H3/t29-,30+,31-,32+,33-/m1/s1. The van der Waals surface area contributed by atoms with Crippen LogP contribution in [-0.4, -0.2) is 51.5 Å².